The zero-order valence-corrected chi connectivity index (χ0v) is 13.4. The molecular formula is C16H31N3O2. The topological polar surface area (TPSA) is 58.4 Å². The molecule has 0 radical (unpaired) electrons. The molecule has 2 aliphatic heterocycles. The number of nitrogens with one attached hydrogen (secondary N) is 1. The quantitative estimate of drug-likeness (QED) is 0.643. The largest absolute Gasteiger partial charge is 0.317 e. The summed E-state index contributed by atoms with van der Waals surface area (Å²) in [6.07, 6.45) is 11.1. The lowest BCUT2D eigenvalue weighted by Gasteiger charge is -2.34. The van der Waals surface area contributed by atoms with E-state index < -0.39 is 0 Å². The van der Waals surface area contributed by atoms with E-state index in [1.165, 1.54) is 58.0 Å². The van der Waals surface area contributed by atoms with Gasteiger partial charge in [0.25, 0.3) is 0 Å². The lowest BCUT2D eigenvalue weighted by molar-refractivity contribution is -0.518. The second-order valence-electron chi connectivity index (χ2n) is 6.68. The first kappa shape index (κ1) is 16.7. The average Bonchev–Trinajstić information content (AvgIpc) is 3.20. The van der Waals surface area contributed by atoms with Crippen LogP contribution in [0.4, 0.5) is 0 Å². The van der Waals surface area contributed by atoms with Crippen LogP contribution in [0.25, 0.3) is 0 Å². The lowest BCUT2D eigenvalue weighted by Crippen LogP contribution is -2.40. The van der Waals surface area contributed by atoms with Crippen molar-refractivity contribution in [2.45, 2.75) is 82.8 Å². The van der Waals surface area contributed by atoms with E-state index in [2.05, 4.69) is 17.1 Å². The maximum Gasteiger partial charge on any atom is 0.227 e. The highest BCUT2D eigenvalue weighted by atomic mass is 16.6. The molecule has 122 valence electrons. The van der Waals surface area contributed by atoms with Crippen LogP contribution in [-0.2, 0) is 0 Å². The highest BCUT2D eigenvalue weighted by Crippen LogP contribution is 2.31. The average molecular weight is 297 g/mol. The molecule has 2 atom stereocenters. The van der Waals surface area contributed by atoms with Crippen molar-refractivity contribution in [3.8, 4) is 0 Å². The first-order chi connectivity index (χ1) is 10.2. The molecule has 0 aromatic heterocycles. The van der Waals surface area contributed by atoms with Crippen molar-refractivity contribution in [2.75, 3.05) is 19.6 Å². The van der Waals surface area contributed by atoms with Crippen molar-refractivity contribution < 1.29 is 4.92 Å². The van der Waals surface area contributed by atoms with E-state index >= 15 is 0 Å². The Balaban J connectivity index is 0.000000272. The third kappa shape index (κ3) is 4.92. The van der Waals surface area contributed by atoms with Gasteiger partial charge in [0.2, 0.25) is 6.04 Å². The molecule has 1 aliphatic carbocycles. The van der Waals surface area contributed by atoms with Crippen molar-refractivity contribution in [3.63, 3.8) is 0 Å². The SMILES string of the molecule is C1CCNC1.CCC1CC([N+](=O)[O-])CN1C1CCCCC1. The monoisotopic (exact) mass is 297 g/mol. The maximum atomic E-state index is 10.9. The molecule has 21 heavy (non-hydrogen) atoms. The van der Waals surface area contributed by atoms with Crippen LogP contribution in [0.2, 0.25) is 0 Å². The van der Waals surface area contributed by atoms with E-state index in [0.29, 0.717) is 18.6 Å². The Morgan fingerprint density at radius 2 is 1.81 bits per heavy atom. The molecule has 1 N–H and O–H groups in total. The molecular weight excluding hydrogens is 266 g/mol. The van der Waals surface area contributed by atoms with Gasteiger partial charge in [-0.15, -0.1) is 0 Å². The molecule has 0 amide bonds. The summed E-state index contributed by atoms with van der Waals surface area (Å²) in [5.74, 6) is 0. The van der Waals surface area contributed by atoms with Gasteiger partial charge in [0.1, 0.15) is 0 Å². The summed E-state index contributed by atoms with van der Waals surface area (Å²) >= 11 is 0. The van der Waals surface area contributed by atoms with Gasteiger partial charge >= 0.3 is 0 Å². The number of hydrogen-bond acceptors (Lipinski definition) is 4. The highest BCUT2D eigenvalue weighted by Gasteiger charge is 2.41. The Bertz CT molecular complexity index is 307. The molecule has 3 aliphatic rings. The van der Waals surface area contributed by atoms with Gasteiger partial charge in [-0.3, -0.25) is 15.0 Å². The normalized spacial score (nSPS) is 30.9. The fraction of sp³-hybridized carbons (Fsp3) is 1.00. The number of likely N-dealkylation sites (tertiary alicyclic amines) is 1. The molecule has 0 bridgehead atoms. The maximum absolute atomic E-state index is 10.9. The summed E-state index contributed by atoms with van der Waals surface area (Å²) in [6, 6.07) is 0.772. The standard InChI is InChI=1S/C12H22N2O2.C4H9N/c1-2-10-8-12(14(15)16)9-13(10)11-6-4-3-5-7-11;1-2-4-5-3-1/h10-12H,2-9H2,1H3;5H,1-4H2. The lowest BCUT2D eigenvalue weighted by atomic mass is 9.93. The minimum atomic E-state index is -0.313. The summed E-state index contributed by atoms with van der Waals surface area (Å²) in [7, 11) is 0. The minimum absolute atomic E-state index is 0.0779. The summed E-state index contributed by atoms with van der Waals surface area (Å²) in [5.41, 5.74) is 0. The van der Waals surface area contributed by atoms with Gasteiger partial charge in [-0.1, -0.05) is 26.2 Å². The second-order valence-corrected chi connectivity index (χ2v) is 6.68. The Labute approximate surface area is 128 Å². The van der Waals surface area contributed by atoms with Crippen molar-refractivity contribution in [2.24, 2.45) is 0 Å². The number of hydrogen-bond donors (Lipinski definition) is 1. The van der Waals surface area contributed by atoms with Crippen LogP contribution in [0.5, 0.6) is 0 Å². The summed E-state index contributed by atoms with van der Waals surface area (Å²) in [5, 5.41) is 14.1. The Morgan fingerprint density at radius 1 is 1.14 bits per heavy atom. The van der Waals surface area contributed by atoms with Crippen LogP contribution >= 0.6 is 0 Å². The summed E-state index contributed by atoms with van der Waals surface area (Å²) in [6.45, 7) is 5.35. The van der Waals surface area contributed by atoms with E-state index in [4.69, 9.17) is 0 Å². The molecule has 0 aromatic rings. The second kappa shape index (κ2) is 8.69. The molecule has 2 unspecified atom stereocenters. The van der Waals surface area contributed by atoms with Crippen molar-refractivity contribution >= 4 is 0 Å². The molecule has 3 fully saturated rings. The van der Waals surface area contributed by atoms with Gasteiger partial charge in [0.15, 0.2) is 0 Å². The Kier molecular flexibility index (Phi) is 6.90. The molecule has 2 heterocycles. The van der Waals surface area contributed by atoms with E-state index in [-0.39, 0.29) is 11.0 Å². The molecule has 1 saturated carbocycles. The van der Waals surface area contributed by atoms with Gasteiger partial charge in [0, 0.05) is 23.4 Å². The smallest absolute Gasteiger partial charge is 0.227 e. The predicted octanol–water partition coefficient (Wildman–Crippen LogP) is 2.82. The van der Waals surface area contributed by atoms with Gasteiger partial charge in [0.05, 0.1) is 6.54 Å². The molecule has 0 spiro atoms. The molecule has 0 aromatic carbocycles. The third-order valence-electron chi connectivity index (χ3n) is 5.20. The van der Waals surface area contributed by atoms with Crippen molar-refractivity contribution in [1.29, 1.82) is 0 Å². The molecule has 5 nitrogen and oxygen atoms in total. The first-order valence-corrected chi connectivity index (χ1v) is 8.82. The fourth-order valence-electron chi connectivity index (χ4n) is 3.96. The summed E-state index contributed by atoms with van der Waals surface area (Å²) < 4.78 is 0. The van der Waals surface area contributed by atoms with Gasteiger partial charge in [-0.2, -0.15) is 0 Å². The number of nitrogens with zero attached hydrogens (tertiary/aromatic N) is 2. The number of rotatable bonds is 3. The predicted molar refractivity (Wildman–Crippen MR) is 85.2 cm³/mol. The summed E-state index contributed by atoms with van der Waals surface area (Å²) in [4.78, 5) is 13.2. The van der Waals surface area contributed by atoms with Crippen LogP contribution < -0.4 is 5.32 Å². The number of nitro groups is 1. The first-order valence-electron chi connectivity index (χ1n) is 8.82. The van der Waals surface area contributed by atoms with Gasteiger partial charge < -0.3 is 5.32 Å². The zero-order chi connectivity index (χ0) is 15.1. The van der Waals surface area contributed by atoms with Crippen molar-refractivity contribution in [3.05, 3.63) is 10.1 Å². The zero-order valence-electron chi connectivity index (χ0n) is 13.4. The van der Waals surface area contributed by atoms with Gasteiger partial charge in [-0.05, 0) is 45.2 Å². The van der Waals surface area contributed by atoms with E-state index in [1.807, 2.05) is 0 Å². The van der Waals surface area contributed by atoms with Crippen molar-refractivity contribution in [1.82, 2.24) is 10.2 Å². The van der Waals surface area contributed by atoms with Crippen LogP contribution in [0.15, 0.2) is 0 Å². The minimum Gasteiger partial charge on any atom is -0.317 e. The molecule has 3 rings (SSSR count). The van der Waals surface area contributed by atoms with Crippen LogP contribution in [0.1, 0.15) is 64.7 Å². The Hall–Kier alpha value is -0.680. The fourth-order valence-corrected chi connectivity index (χ4v) is 3.96. The van der Waals surface area contributed by atoms with Crippen LogP contribution in [0.3, 0.4) is 0 Å². The molecule has 5 heteroatoms. The van der Waals surface area contributed by atoms with Crippen LogP contribution in [0, 0.1) is 10.1 Å². The van der Waals surface area contributed by atoms with E-state index in [0.717, 1.165) is 12.8 Å². The third-order valence-corrected chi connectivity index (χ3v) is 5.20. The van der Waals surface area contributed by atoms with E-state index in [9.17, 15) is 10.1 Å². The van der Waals surface area contributed by atoms with Gasteiger partial charge in [-0.25, -0.2) is 0 Å². The van der Waals surface area contributed by atoms with Crippen LogP contribution in [-0.4, -0.2) is 47.6 Å². The highest BCUT2D eigenvalue weighted by molar-refractivity contribution is 4.90. The molecule has 2 saturated heterocycles. The Morgan fingerprint density at radius 3 is 2.29 bits per heavy atom. The van der Waals surface area contributed by atoms with E-state index in [1.54, 1.807) is 0 Å².